The number of carbonyl (C=O) groups excluding carboxylic acids is 1. The summed E-state index contributed by atoms with van der Waals surface area (Å²) in [4.78, 5) is 10.6. The molecular weight excluding hydrogens is 206 g/mol. The topological polar surface area (TPSA) is 62.5 Å². The van der Waals surface area contributed by atoms with Crippen molar-refractivity contribution in [2.24, 2.45) is 0 Å². The summed E-state index contributed by atoms with van der Waals surface area (Å²) < 4.78 is 5.14. The highest BCUT2D eigenvalue weighted by atomic mass is 16.3. The molecule has 2 aromatic rings. The minimum atomic E-state index is -0.0379. The molecule has 2 N–H and O–H groups in total. The van der Waals surface area contributed by atoms with Gasteiger partial charge in [-0.1, -0.05) is 6.07 Å². The van der Waals surface area contributed by atoms with Crippen LogP contribution in [-0.2, 0) is 6.54 Å². The molecule has 0 bridgehead atoms. The Balaban J connectivity index is 2.12. The van der Waals surface area contributed by atoms with Gasteiger partial charge in [-0.3, -0.25) is 4.79 Å². The zero-order valence-corrected chi connectivity index (χ0v) is 8.51. The van der Waals surface area contributed by atoms with Gasteiger partial charge in [-0.05, 0) is 24.3 Å². The van der Waals surface area contributed by atoms with Crippen LogP contribution in [0.15, 0.2) is 41.0 Å². The molecule has 0 spiro atoms. The standard InChI is InChI=1S/C12H11NO3/c14-8-9-3-1-5-11(12(9)15)13-7-10-4-2-6-16-10/h1-6,8,13,15H,7H2. The molecule has 1 heterocycles. The number of rotatable bonds is 4. The van der Waals surface area contributed by atoms with Gasteiger partial charge in [-0.25, -0.2) is 0 Å². The molecule has 0 atom stereocenters. The Bertz CT molecular complexity index is 477. The number of phenols is 1. The predicted octanol–water partition coefficient (Wildman–Crippen LogP) is 2.41. The maximum Gasteiger partial charge on any atom is 0.153 e. The van der Waals surface area contributed by atoms with Crippen molar-refractivity contribution in [1.82, 2.24) is 0 Å². The van der Waals surface area contributed by atoms with Crippen molar-refractivity contribution >= 4 is 12.0 Å². The number of aromatic hydroxyl groups is 1. The number of hydrogen-bond acceptors (Lipinski definition) is 4. The minimum Gasteiger partial charge on any atom is -0.505 e. The van der Waals surface area contributed by atoms with E-state index in [4.69, 9.17) is 4.42 Å². The molecule has 4 heteroatoms. The highest BCUT2D eigenvalue weighted by Gasteiger charge is 2.05. The van der Waals surface area contributed by atoms with Gasteiger partial charge in [-0.15, -0.1) is 0 Å². The molecule has 0 fully saturated rings. The van der Waals surface area contributed by atoms with Crippen LogP contribution in [0.4, 0.5) is 5.69 Å². The lowest BCUT2D eigenvalue weighted by molar-refractivity contribution is 0.112. The number of para-hydroxylation sites is 1. The molecule has 0 saturated heterocycles. The number of phenolic OH excluding ortho intramolecular Hbond substituents is 1. The van der Waals surface area contributed by atoms with Crippen LogP contribution in [0.1, 0.15) is 16.1 Å². The number of benzene rings is 1. The third-order valence-electron chi connectivity index (χ3n) is 2.23. The van der Waals surface area contributed by atoms with Gasteiger partial charge in [0, 0.05) is 0 Å². The van der Waals surface area contributed by atoms with E-state index < -0.39 is 0 Å². The Kier molecular flexibility index (Phi) is 2.91. The van der Waals surface area contributed by atoms with E-state index in [9.17, 15) is 9.90 Å². The van der Waals surface area contributed by atoms with Gasteiger partial charge in [0.2, 0.25) is 0 Å². The molecule has 0 aliphatic rings. The number of anilines is 1. The maximum atomic E-state index is 10.6. The van der Waals surface area contributed by atoms with Crippen LogP contribution < -0.4 is 5.32 Å². The minimum absolute atomic E-state index is 0.0379. The number of carbonyl (C=O) groups is 1. The molecule has 1 aromatic carbocycles. The van der Waals surface area contributed by atoms with Crippen LogP contribution in [0, 0.1) is 0 Å². The van der Waals surface area contributed by atoms with E-state index in [1.165, 1.54) is 0 Å². The summed E-state index contributed by atoms with van der Waals surface area (Å²) in [6, 6.07) is 8.58. The summed E-state index contributed by atoms with van der Waals surface area (Å²) in [6.07, 6.45) is 2.20. The first-order chi connectivity index (χ1) is 7.81. The number of nitrogens with one attached hydrogen (secondary N) is 1. The third kappa shape index (κ3) is 2.06. The molecule has 0 unspecified atom stereocenters. The maximum absolute atomic E-state index is 10.6. The summed E-state index contributed by atoms with van der Waals surface area (Å²) in [6.45, 7) is 0.461. The Hall–Kier alpha value is -2.23. The summed E-state index contributed by atoms with van der Waals surface area (Å²) in [7, 11) is 0. The van der Waals surface area contributed by atoms with Gasteiger partial charge in [0.1, 0.15) is 11.5 Å². The monoisotopic (exact) mass is 217 g/mol. The molecule has 16 heavy (non-hydrogen) atoms. The molecule has 0 aliphatic carbocycles. The van der Waals surface area contributed by atoms with Gasteiger partial charge >= 0.3 is 0 Å². The lowest BCUT2D eigenvalue weighted by Gasteiger charge is -2.07. The van der Waals surface area contributed by atoms with E-state index in [-0.39, 0.29) is 11.3 Å². The SMILES string of the molecule is O=Cc1cccc(NCc2ccco2)c1O. The average Bonchev–Trinajstić information content (AvgIpc) is 2.81. The van der Waals surface area contributed by atoms with E-state index >= 15 is 0 Å². The highest BCUT2D eigenvalue weighted by molar-refractivity contribution is 5.83. The van der Waals surface area contributed by atoms with Gasteiger partial charge < -0.3 is 14.8 Å². The smallest absolute Gasteiger partial charge is 0.153 e. The quantitative estimate of drug-likeness (QED) is 0.609. The summed E-state index contributed by atoms with van der Waals surface area (Å²) in [5.74, 6) is 0.722. The molecule has 0 amide bonds. The first kappa shape index (κ1) is 10.3. The molecule has 0 aliphatic heterocycles. The predicted molar refractivity (Wildman–Crippen MR) is 59.5 cm³/mol. The fraction of sp³-hybridized carbons (Fsp3) is 0.0833. The highest BCUT2D eigenvalue weighted by Crippen LogP contribution is 2.26. The normalized spacial score (nSPS) is 10.0. The van der Waals surface area contributed by atoms with Gasteiger partial charge in [0.25, 0.3) is 0 Å². The van der Waals surface area contributed by atoms with Crippen molar-refractivity contribution < 1.29 is 14.3 Å². The Morgan fingerprint density at radius 3 is 2.88 bits per heavy atom. The van der Waals surface area contributed by atoms with Crippen LogP contribution in [0.2, 0.25) is 0 Å². The second-order valence-electron chi connectivity index (χ2n) is 3.29. The summed E-state index contributed by atoms with van der Waals surface area (Å²) in [5.41, 5.74) is 0.783. The first-order valence-corrected chi connectivity index (χ1v) is 4.84. The van der Waals surface area contributed by atoms with Crippen LogP contribution in [0.5, 0.6) is 5.75 Å². The molecule has 1 aromatic heterocycles. The lowest BCUT2D eigenvalue weighted by atomic mass is 10.2. The Labute approximate surface area is 92.5 Å². The van der Waals surface area contributed by atoms with Crippen molar-refractivity contribution in [1.29, 1.82) is 0 Å². The summed E-state index contributed by atoms with van der Waals surface area (Å²) >= 11 is 0. The second kappa shape index (κ2) is 4.53. The van der Waals surface area contributed by atoms with Crippen molar-refractivity contribution in [2.75, 3.05) is 5.32 Å². The van der Waals surface area contributed by atoms with Crippen molar-refractivity contribution in [2.45, 2.75) is 6.54 Å². The lowest BCUT2D eigenvalue weighted by Crippen LogP contribution is -1.99. The molecule has 2 rings (SSSR count). The summed E-state index contributed by atoms with van der Waals surface area (Å²) in [5, 5.41) is 12.7. The molecule has 4 nitrogen and oxygen atoms in total. The van der Waals surface area contributed by atoms with E-state index in [0.29, 0.717) is 18.5 Å². The van der Waals surface area contributed by atoms with Gasteiger partial charge in [0.05, 0.1) is 24.1 Å². The van der Waals surface area contributed by atoms with Crippen LogP contribution in [0.3, 0.4) is 0 Å². The largest absolute Gasteiger partial charge is 0.505 e. The van der Waals surface area contributed by atoms with Gasteiger partial charge in [-0.2, -0.15) is 0 Å². The second-order valence-corrected chi connectivity index (χ2v) is 3.29. The van der Waals surface area contributed by atoms with E-state index in [1.807, 2.05) is 6.07 Å². The number of aldehydes is 1. The Morgan fingerprint density at radius 2 is 2.19 bits per heavy atom. The van der Waals surface area contributed by atoms with E-state index in [0.717, 1.165) is 5.76 Å². The van der Waals surface area contributed by atoms with Crippen molar-refractivity contribution in [3.05, 3.63) is 47.9 Å². The van der Waals surface area contributed by atoms with Crippen LogP contribution in [0.25, 0.3) is 0 Å². The van der Waals surface area contributed by atoms with E-state index in [1.54, 1.807) is 30.5 Å². The van der Waals surface area contributed by atoms with Crippen LogP contribution in [-0.4, -0.2) is 11.4 Å². The number of furan rings is 1. The fourth-order valence-electron chi connectivity index (χ4n) is 1.39. The zero-order chi connectivity index (χ0) is 11.4. The number of hydrogen-bond donors (Lipinski definition) is 2. The molecule has 82 valence electrons. The molecule has 0 saturated carbocycles. The van der Waals surface area contributed by atoms with E-state index in [2.05, 4.69) is 5.32 Å². The Morgan fingerprint density at radius 1 is 1.31 bits per heavy atom. The average molecular weight is 217 g/mol. The fourth-order valence-corrected chi connectivity index (χ4v) is 1.39. The molecular formula is C12H11NO3. The first-order valence-electron chi connectivity index (χ1n) is 4.84. The van der Waals surface area contributed by atoms with Crippen molar-refractivity contribution in [3.8, 4) is 5.75 Å². The van der Waals surface area contributed by atoms with Crippen LogP contribution >= 0.6 is 0 Å². The van der Waals surface area contributed by atoms with Crippen molar-refractivity contribution in [3.63, 3.8) is 0 Å². The molecule has 0 radical (unpaired) electrons. The van der Waals surface area contributed by atoms with Gasteiger partial charge in [0.15, 0.2) is 6.29 Å². The zero-order valence-electron chi connectivity index (χ0n) is 8.51. The third-order valence-corrected chi connectivity index (χ3v) is 2.23.